The predicted molar refractivity (Wildman–Crippen MR) is 54.5 cm³/mol. The number of aromatic carboxylic acids is 1. The molecule has 0 amide bonds. The maximum atomic E-state index is 10.7. The zero-order chi connectivity index (χ0) is 10.1. The lowest BCUT2D eigenvalue weighted by atomic mass is 10.1. The summed E-state index contributed by atoms with van der Waals surface area (Å²) in [6.45, 7) is 0. The van der Waals surface area contributed by atoms with Gasteiger partial charge in [-0.3, -0.25) is 0 Å². The lowest BCUT2D eigenvalue weighted by molar-refractivity contribution is 0.0697. The summed E-state index contributed by atoms with van der Waals surface area (Å²) in [7, 11) is 0. The molecule has 0 aliphatic heterocycles. The van der Waals surface area contributed by atoms with E-state index in [1.807, 2.05) is 0 Å². The molecule has 0 saturated heterocycles. The van der Waals surface area contributed by atoms with Gasteiger partial charge in [-0.1, -0.05) is 0 Å². The number of hydrogen-bond acceptors (Lipinski definition) is 3. The highest BCUT2D eigenvalue weighted by Crippen LogP contribution is 2.28. The van der Waals surface area contributed by atoms with Crippen LogP contribution in [-0.4, -0.2) is 17.1 Å². The quantitative estimate of drug-likeness (QED) is 0.635. The van der Waals surface area contributed by atoms with Crippen LogP contribution < -0.4 is 11.1 Å². The fourth-order valence-electron chi connectivity index (χ4n) is 1.26. The molecule has 1 aliphatic carbocycles. The molecule has 1 aromatic carbocycles. The minimum absolute atomic E-state index is 0.266. The Morgan fingerprint density at radius 2 is 2.21 bits per heavy atom. The summed E-state index contributed by atoms with van der Waals surface area (Å²) in [5.41, 5.74) is 7.30. The largest absolute Gasteiger partial charge is 0.478 e. The topological polar surface area (TPSA) is 75.4 Å². The Morgan fingerprint density at radius 1 is 1.50 bits per heavy atom. The van der Waals surface area contributed by atoms with Crippen LogP contribution in [0.15, 0.2) is 18.2 Å². The van der Waals surface area contributed by atoms with Crippen molar-refractivity contribution >= 4 is 17.3 Å². The van der Waals surface area contributed by atoms with Gasteiger partial charge in [0.15, 0.2) is 0 Å². The van der Waals surface area contributed by atoms with Crippen LogP contribution >= 0.6 is 0 Å². The van der Waals surface area contributed by atoms with Crippen LogP contribution in [0.2, 0.25) is 0 Å². The van der Waals surface area contributed by atoms with Gasteiger partial charge in [0.1, 0.15) is 0 Å². The molecule has 0 heterocycles. The number of carbonyl (C=O) groups is 1. The van der Waals surface area contributed by atoms with Crippen LogP contribution in [0.25, 0.3) is 0 Å². The summed E-state index contributed by atoms with van der Waals surface area (Å²) in [6, 6.07) is 5.18. The maximum Gasteiger partial charge on any atom is 0.335 e. The van der Waals surface area contributed by atoms with Crippen molar-refractivity contribution in [1.82, 2.24) is 0 Å². The molecule has 0 unspecified atom stereocenters. The smallest absolute Gasteiger partial charge is 0.335 e. The number of nitrogens with two attached hydrogens (primary N) is 1. The Balaban J connectivity index is 2.26. The number of carboxylic acids is 1. The van der Waals surface area contributed by atoms with Gasteiger partial charge in [0.2, 0.25) is 0 Å². The van der Waals surface area contributed by atoms with Crippen LogP contribution in [-0.2, 0) is 0 Å². The van der Waals surface area contributed by atoms with Crippen molar-refractivity contribution in [2.24, 2.45) is 0 Å². The first-order valence-electron chi connectivity index (χ1n) is 4.56. The molecule has 1 aliphatic rings. The van der Waals surface area contributed by atoms with Crippen molar-refractivity contribution in [3.8, 4) is 0 Å². The molecule has 1 fully saturated rings. The monoisotopic (exact) mass is 192 g/mol. The predicted octanol–water partition coefficient (Wildman–Crippen LogP) is 1.54. The zero-order valence-electron chi connectivity index (χ0n) is 7.66. The molecule has 4 N–H and O–H groups in total. The Morgan fingerprint density at radius 3 is 2.79 bits per heavy atom. The number of rotatable bonds is 3. The minimum atomic E-state index is -0.927. The SMILES string of the molecule is Nc1ccc(C(=O)O)cc1NC1CC1. The van der Waals surface area contributed by atoms with Crippen LogP contribution in [0.4, 0.5) is 11.4 Å². The zero-order valence-corrected chi connectivity index (χ0v) is 7.66. The van der Waals surface area contributed by atoms with Gasteiger partial charge in [-0.05, 0) is 31.0 Å². The standard InChI is InChI=1S/C10H12N2O2/c11-8-4-1-6(10(13)14)5-9(8)12-7-2-3-7/h1,4-5,7,12H,2-3,11H2,(H,13,14). The highest BCUT2D eigenvalue weighted by atomic mass is 16.4. The molecule has 4 heteroatoms. The van der Waals surface area contributed by atoms with Crippen molar-refractivity contribution in [3.05, 3.63) is 23.8 Å². The van der Waals surface area contributed by atoms with Crippen molar-refractivity contribution in [2.75, 3.05) is 11.1 Å². The molecule has 14 heavy (non-hydrogen) atoms. The second kappa shape index (κ2) is 3.21. The van der Waals surface area contributed by atoms with Crippen molar-refractivity contribution < 1.29 is 9.90 Å². The summed E-state index contributed by atoms with van der Waals surface area (Å²) >= 11 is 0. The third-order valence-corrected chi connectivity index (χ3v) is 2.24. The third-order valence-electron chi connectivity index (χ3n) is 2.24. The van der Waals surface area contributed by atoms with Gasteiger partial charge in [0.05, 0.1) is 16.9 Å². The average Bonchev–Trinajstić information content (AvgIpc) is 2.92. The van der Waals surface area contributed by atoms with E-state index >= 15 is 0 Å². The second-order valence-electron chi connectivity index (χ2n) is 3.53. The van der Waals surface area contributed by atoms with E-state index in [1.54, 1.807) is 12.1 Å². The number of hydrogen-bond donors (Lipinski definition) is 3. The summed E-state index contributed by atoms with van der Waals surface area (Å²) in [4.78, 5) is 10.7. The van der Waals surface area contributed by atoms with Gasteiger partial charge >= 0.3 is 5.97 Å². The first kappa shape index (κ1) is 8.87. The van der Waals surface area contributed by atoms with Crippen molar-refractivity contribution in [2.45, 2.75) is 18.9 Å². The fourth-order valence-corrected chi connectivity index (χ4v) is 1.26. The molecule has 74 valence electrons. The molecular weight excluding hydrogens is 180 g/mol. The van der Waals surface area contributed by atoms with Crippen LogP contribution in [0.1, 0.15) is 23.2 Å². The van der Waals surface area contributed by atoms with Gasteiger partial charge < -0.3 is 16.2 Å². The van der Waals surface area contributed by atoms with E-state index in [0.717, 1.165) is 18.5 Å². The van der Waals surface area contributed by atoms with E-state index in [-0.39, 0.29) is 5.56 Å². The first-order chi connectivity index (χ1) is 6.66. The Bertz CT molecular complexity index is 372. The van der Waals surface area contributed by atoms with E-state index in [9.17, 15) is 4.79 Å². The molecule has 0 atom stereocenters. The number of nitrogens with one attached hydrogen (secondary N) is 1. The number of nitrogen functional groups attached to an aromatic ring is 1. The molecular formula is C10H12N2O2. The van der Waals surface area contributed by atoms with E-state index in [0.29, 0.717) is 11.7 Å². The minimum Gasteiger partial charge on any atom is -0.478 e. The number of carboxylic acid groups (broad SMARTS) is 1. The number of benzene rings is 1. The molecule has 0 aromatic heterocycles. The van der Waals surface area contributed by atoms with Gasteiger partial charge in [0.25, 0.3) is 0 Å². The second-order valence-corrected chi connectivity index (χ2v) is 3.53. The van der Waals surface area contributed by atoms with Crippen molar-refractivity contribution in [3.63, 3.8) is 0 Å². The lowest BCUT2D eigenvalue weighted by Crippen LogP contribution is -2.06. The summed E-state index contributed by atoms with van der Waals surface area (Å²) in [5, 5.41) is 12.0. The van der Waals surface area contributed by atoms with E-state index in [1.165, 1.54) is 6.07 Å². The van der Waals surface area contributed by atoms with Gasteiger partial charge in [-0.25, -0.2) is 4.79 Å². The fraction of sp³-hybridized carbons (Fsp3) is 0.300. The van der Waals surface area contributed by atoms with Crippen molar-refractivity contribution in [1.29, 1.82) is 0 Å². The Hall–Kier alpha value is -1.71. The molecule has 0 spiro atoms. The third kappa shape index (κ3) is 1.79. The highest BCUT2D eigenvalue weighted by molar-refractivity contribution is 5.90. The van der Waals surface area contributed by atoms with Gasteiger partial charge in [0, 0.05) is 6.04 Å². The summed E-state index contributed by atoms with van der Waals surface area (Å²) < 4.78 is 0. The van der Waals surface area contributed by atoms with Gasteiger partial charge in [-0.15, -0.1) is 0 Å². The molecule has 1 aromatic rings. The van der Waals surface area contributed by atoms with E-state index in [4.69, 9.17) is 10.8 Å². The Kier molecular flexibility index (Phi) is 2.04. The molecule has 2 rings (SSSR count). The molecule has 0 radical (unpaired) electrons. The van der Waals surface area contributed by atoms with Gasteiger partial charge in [-0.2, -0.15) is 0 Å². The maximum absolute atomic E-state index is 10.7. The summed E-state index contributed by atoms with van der Waals surface area (Å²) in [6.07, 6.45) is 2.27. The summed E-state index contributed by atoms with van der Waals surface area (Å²) in [5.74, 6) is -0.927. The lowest BCUT2D eigenvalue weighted by Gasteiger charge is -2.08. The first-order valence-corrected chi connectivity index (χ1v) is 4.56. The van der Waals surface area contributed by atoms with Crippen LogP contribution in [0, 0.1) is 0 Å². The molecule has 1 saturated carbocycles. The Labute approximate surface area is 81.7 Å². The highest BCUT2D eigenvalue weighted by Gasteiger charge is 2.21. The van der Waals surface area contributed by atoms with E-state index < -0.39 is 5.97 Å². The number of anilines is 2. The average molecular weight is 192 g/mol. The normalized spacial score (nSPS) is 15.1. The molecule has 0 bridgehead atoms. The van der Waals surface area contributed by atoms with Crippen LogP contribution in [0.3, 0.4) is 0 Å². The van der Waals surface area contributed by atoms with E-state index in [2.05, 4.69) is 5.32 Å². The van der Waals surface area contributed by atoms with Crippen LogP contribution in [0.5, 0.6) is 0 Å². The molecule has 4 nitrogen and oxygen atoms in total.